The fraction of sp³-hybridized carbons (Fsp3) is 0.250. The Morgan fingerprint density at radius 3 is 2.63 bits per heavy atom. The third kappa shape index (κ3) is 3.37. The van der Waals surface area contributed by atoms with Crippen molar-refractivity contribution in [3.05, 3.63) is 63.6 Å². The highest BCUT2D eigenvalue weighted by atomic mass is 79.9. The van der Waals surface area contributed by atoms with Crippen LogP contribution in [-0.4, -0.2) is 7.05 Å². The van der Waals surface area contributed by atoms with Gasteiger partial charge in [0.15, 0.2) is 0 Å². The fourth-order valence-corrected chi connectivity index (χ4v) is 2.72. The number of likely N-dealkylation sites (N-methyl/N-ethyl adjacent to an activating group) is 1. The van der Waals surface area contributed by atoms with Crippen molar-refractivity contribution in [3.8, 4) is 0 Å². The second-order valence-electron chi connectivity index (χ2n) is 4.75. The molecule has 0 radical (unpaired) electrons. The average molecular weight is 319 g/mol. The van der Waals surface area contributed by atoms with E-state index in [-0.39, 0.29) is 6.04 Å². The van der Waals surface area contributed by atoms with Gasteiger partial charge in [0.25, 0.3) is 0 Å². The van der Waals surface area contributed by atoms with E-state index in [1.165, 1.54) is 11.1 Å². The van der Waals surface area contributed by atoms with Gasteiger partial charge in [-0.25, -0.2) is 0 Å². The van der Waals surface area contributed by atoms with Crippen molar-refractivity contribution in [1.29, 1.82) is 0 Å². The minimum atomic E-state index is 0.276. The standard InChI is InChI=1S/C16H19BrN2/c1-11-5-3-4-6-14(11)16(19-2)10-12-9-13(17)7-8-15(12)18/h3-9,16,19H,10,18H2,1-2H3. The molecule has 3 heteroatoms. The molecule has 0 amide bonds. The lowest BCUT2D eigenvalue weighted by Gasteiger charge is -2.20. The normalized spacial score (nSPS) is 12.4. The molecule has 2 aromatic rings. The Bertz CT molecular complexity index is 566. The van der Waals surface area contributed by atoms with E-state index >= 15 is 0 Å². The summed E-state index contributed by atoms with van der Waals surface area (Å²) in [7, 11) is 1.99. The van der Waals surface area contributed by atoms with Crippen molar-refractivity contribution in [2.24, 2.45) is 0 Å². The third-order valence-corrected chi connectivity index (χ3v) is 3.93. The van der Waals surface area contributed by atoms with Crippen LogP contribution in [0.3, 0.4) is 0 Å². The summed E-state index contributed by atoms with van der Waals surface area (Å²) < 4.78 is 1.07. The summed E-state index contributed by atoms with van der Waals surface area (Å²) >= 11 is 3.50. The number of halogens is 1. The van der Waals surface area contributed by atoms with Crippen LogP contribution < -0.4 is 11.1 Å². The van der Waals surface area contributed by atoms with Gasteiger partial charge in [-0.2, -0.15) is 0 Å². The quantitative estimate of drug-likeness (QED) is 0.840. The molecule has 2 nitrogen and oxygen atoms in total. The summed E-state index contributed by atoms with van der Waals surface area (Å²) in [5.41, 5.74) is 10.7. The first-order valence-electron chi connectivity index (χ1n) is 6.38. The van der Waals surface area contributed by atoms with Crippen LogP contribution in [0.1, 0.15) is 22.7 Å². The van der Waals surface area contributed by atoms with Gasteiger partial charge in [-0.15, -0.1) is 0 Å². The number of nitrogen functional groups attached to an aromatic ring is 1. The van der Waals surface area contributed by atoms with Gasteiger partial charge in [0.1, 0.15) is 0 Å². The van der Waals surface area contributed by atoms with Crippen LogP contribution in [0.25, 0.3) is 0 Å². The highest BCUT2D eigenvalue weighted by Gasteiger charge is 2.13. The maximum atomic E-state index is 6.06. The van der Waals surface area contributed by atoms with Gasteiger partial charge in [-0.1, -0.05) is 40.2 Å². The summed E-state index contributed by atoms with van der Waals surface area (Å²) in [5.74, 6) is 0. The van der Waals surface area contributed by atoms with Crippen molar-refractivity contribution in [3.63, 3.8) is 0 Å². The molecule has 0 heterocycles. The summed E-state index contributed by atoms with van der Waals surface area (Å²) in [6.07, 6.45) is 0.882. The molecule has 0 aliphatic rings. The molecule has 2 rings (SSSR count). The minimum Gasteiger partial charge on any atom is -0.399 e. The number of hydrogen-bond donors (Lipinski definition) is 2. The molecule has 1 unspecified atom stereocenters. The molecule has 0 aliphatic carbocycles. The number of nitrogens with two attached hydrogens (primary N) is 1. The van der Waals surface area contributed by atoms with E-state index in [1.807, 2.05) is 19.2 Å². The summed E-state index contributed by atoms with van der Waals surface area (Å²) in [5, 5.41) is 3.38. The summed E-state index contributed by atoms with van der Waals surface area (Å²) in [6, 6.07) is 14.8. The maximum absolute atomic E-state index is 6.06. The average Bonchev–Trinajstić information content (AvgIpc) is 2.41. The van der Waals surface area contributed by atoms with E-state index in [9.17, 15) is 0 Å². The Hall–Kier alpha value is -1.32. The Balaban J connectivity index is 2.29. The monoisotopic (exact) mass is 318 g/mol. The summed E-state index contributed by atoms with van der Waals surface area (Å²) in [4.78, 5) is 0. The van der Waals surface area contributed by atoms with E-state index in [1.54, 1.807) is 0 Å². The van der Waals surface area contributed by atoms with Crippen LogP contribution in [0, 0.1) is 6.92 Å². The lowest BCUT2D eigenvalue weighted by atomic mass is 9.95. The lowest BCUT2D eigenvalue weighted by Crippen LogP contribution is -2.20. The van der Waals surface area contributed by atoms with E-state index in [2.05, 4.69) is 58.5 Å². The second kappa shape index (κ2) is 6.22. The summed E-state index contributed by atoms with van der Waals surface area (Å²) in [6.45, 7) is 2.14. The molecule has 3 N–H and O–H groups in total. The van der Waals surface area contributed by atoms with Gasteiger partial charge in [-0.05, 0) is 55.3 Å². The number of aryl methyl sites for hydroxylation is 1. The first-order valence-corrected chi connectivity index (χ1v) is 7.18. The van der Waals surface area contributed by atoms with E-state index in [4.69, 9.17) is 5.73 Å². The zero-order chi connectivity index (χ0) is 13.8. The van der Waals surface area contributed by atoms with Gasteiger partial charge in [0, 0.05) is 16.2 Å². The van der Waals surface area contributed by atoms with Crippen LogP contribution in [0.4, 0.5) is 5.69 Å². The van der Waals surface area contributed by atoms with Gasteiger partial charge >= 0.3 is 0 Å². The predicted octanol–water partition coefficient (Wildman–Crippen LogP) is 3.84. The minimum absolute atomic E-state index is 0.276. The molecule has 0 aliphatic heterocycles. The largest absolute Gasteiger partial charge is 0.399 e. The Morgan fingerprint density at radius 1 is 1.21 bits per heavy atom. The molecule has 0 saturated carbocycles. The van der Waals surface area contributed by atoms with Gasteiger partial charge in [-0.3, -0.25) is 0 Å². The molecule has 100 valence electrons. The molecular formula is C16H19BrN2. The first kappa shape index (κ1) is 14.1. The highest BCUT2D eigenvalue weighted by molar-refractivity contribution is 9.10. The number of hydrogen-bond acceptors (Lipinski definition) is 2. The van der Waals surface area contributed by atoms with Crippen molar-refractivity contribution in [2.75, 3.05) is 12.8 Å². The van der Waals surface area contributed by atoms with Crippen molar-refractivity contribution in [1.82, 2.24) is 5.32 Å². The molecule has 0 bridgehead atoms. The SMILES string of the molecule is CNC(Cc1cc(Br)ccc1N)c1ccccc1C. The zero-order valence-corrected chi connectivity index (χ0v) is 12.9. The molecule has 19 heavy (non-hydrogen) atoms. The van der Waals surface area contributed by atoms with E-state index in [0.29, 0.717) is 0 Å². The van der Waals surface area contributed by atoms with E-state index in [0.717, 1.165) is 22.1 Å². The Kier molecular flexibility index (Phi) is 4.61. The van der Waals surface area contributed by atoms with Crippen molar-refractivity contribution in [2.45, 2.75) is 19.4 Å². The molecule has 0 fully saturated rings. The zero-order valence-electron chi connectivity index (χ0n) is 11.3. The molecule has 0 spiro atoms. The van der Waals surface area contributed by atoms with Crippen LogP contribution in [0.5, 0.6) is 0 Å². The lowest BCUT2D eigenvalue weighted by molar-refractivity contribution is 0.589. The smallest absolute Gasteiger partial charge is 0.0361 e. The molecule has 1 atom stereocenters. The molecule has 2 aromatic carbocycles. The number of nitrogens with one attached hydrogen (secondary N) is 1. The predicted molar refractivity (Wildman–Crippen MR) is 85.2 cm³/mol. The van der Waals surface area contributed by atoms with Crippen LogP contribution >= 0.6 is 15.9 Å². The molecular weight excluding hydrogens is 300 g/mol. The van der Waals surface area contributed by atoms with Crippen LogP contribution in [0.15, 0.2) is 46.9 Å². The van der Waals surface area contributed by atoms with Gasteiger partial charge in [0.05, 0.1) is 0 Å². The topological polar surface area (TPSA) is 38.0 Å². The van der Waals surface area contributed by atoms with Crippen LogP contribution in [-0.2, 0) is 6.42 Å². The van der Waals surface area contributed by atoms with Gasteiger partial charge in [0.2, 0.25) is 0 Å². The Labute approximate surface area is 123 Å². The fourth-order valence-electron chi connectivity index (χ4n) is 2.32. The number of rotatable bonds is 4. The van der Waals surface area contributed by atoms with E-state index < -0.39 is 0 Å². The molecule has 0 aromatic heterocycles. The Morgan fingerprint density at radius 2 is 1.95 bits per heavy atom. The van der Waals surface area contributed by atoms with Crippen LogP contribution in [0.2, 0.25) is 0 Å². The molecule has 0 saturated heterocycles. The third-order valence-electron chi connectivity index (χ3n) is 3.44. The maximum Gasteiger partial charge on any atom is 0.0361 e. The highest BCUT2D eigenvalue weighted by Crippen LogP contribution is 2.26. The number of benzene rings is 2. The van der Waals surface area contributed by atoms with Crippen molar-refractivity contribution >= 4 is 21.6 Å². The number of anilines is 1. The van der Waals surface area contributed by atoms with Crippen molar-refractivity contribution < 1.29 is 0 Å². The van der Waals surface area contributed by atoms with Gasteiger partial charge < -0.3 is 11.1 Å². The second-order valence-corrected chi connectivity index (χ2v) is 5.66. The first-order chi connectivity index (χ1) is 9.11.